The Morgan fingerprint density at radius 3 is 2.50 bits per heavy atom. The fourth-order valence-electron chi connectivity index (χ4n) is 1.96. The van der Waals surface area contributed by atoms with E-state index in [1.165, 1.54) is 10.5 Å². The Morgan fingerprint density at radius 2 is 2.06 bits per heavy atom. The Hall–Kier alpha value is -1.00. The Morgan fingerprint density at radius 1 is 1.44 bits per heavy atom. The van der Waals surface area contributed by atoms with Crippen molar-refractivity contribution >= 4 is 17.7 Å². The predicted octanol–water partition coefficient (Wildman–Crippen LogP) is 2.25. The van der Waals surface area contributed by atoms with E-state index in [2.05, 4.69) is 30.5 Å². The molecule has 0 aromatic heterocycles. The fourth-order valence-corrected chi connectivity index (χ4v) is 2.37. The molecule has 1 aliphatic carbocycles. The van der Waals surface area contributed by atoms with Gasteiger partial charge in [0.15, 0.2) is 0 Å². The van der Waals surface area contributed by atoms with E-state index in [0.29, 0.717) is 12.6 Å². The minimum absolute atomic E-state index is 0.0615. The van der Waals surface area contributed by atoms with E-state index >= 15 is 0 Å². The van der Waals surface area contributed by atoms with Gasteiger partial charge in [-0.2, -0.15) is 0 Å². The Kier molecular flexibility index (Phi) is 4.30. The molecule has 0 aliphatic heterocycles. The van der Waals surface area contributed by atoms with Crippen molar-refractivity contribution in [2.75, 3.05) is 6.26 Å². The summed E-state index contributed by atoms with van der Waals surface area (Å²) in [6.45, 7) is 2.44. The number of nitrogens with zero attached hydrogens (tertiary/aromatic N) is 1. The zero-order valence-electron chi connectivity index (χ0n) is 10.9. The largest absolute Gasteiger partial charge is 0.334 e. The highest BCUT2D eigenvalue weighted by Crippen LogP contribution is 2.29. The number of hydrogen-bond acceptors (Lipinski definition) is 3. The molecule has 1 aromatic carbocycles. The normalized spacial score (nSPS) is 16.4. The second kappa shape index (κ2) is 5.76. The third kappa shape index (κ3) is 3.27. The molecular formula is C14H20N2OS. The monoisotopic (exact) mass is 264 g/mol. The molecule has 0 heterocycles. The molecule has 0 unspecified atom stereocenters. The number of carbonyl (C=O) groups is 1. The SMILES string of the molecule is CSc1ccc(CN(C(=O)[C@H](C)N)C2CC2)cc1. The molecule has 1 saturated carbocycles. The lowest BCUT2D eigenvalue weighted by Gasteiger charge is -2.24. The van der Waals surface area contributed by atoms with Gasteiger partial charge in [-0.1, -0.05) is 12.1 Å². The number of carbonyl (C=O) groups excluding carboxylic acids is 1. The Balaban J connectivity index is 2.06. The van der Waals surface area contributed by atoms with Crippen LogP contribution in [0.2, 0.25) is 0 Å². The van der Waals surface area contributed by atoms with Gasteiger partial charge in [0, 0.05) is 17.5 Å². The van der Waals surface area contributed by atoms with Crippen molar-refractivity contribution in [2.24, 2.45) is 5.73 Å². The van der Waals surface area contributed by atoms with Crippen LogP contribution in [0.25, 0.3) is 0 Å². The minimum Gasteiger partial charge on any atom is -0.334 e. The third-order valence-electron chi connectivity index (χ3n) is 3.17. The van der Waals surface area contributed by atoms with Gasteiger partial charge in [0.25, 0.3) is 0 Å². The molecule has 0 bridgehead atoms. The van der Waals surface area contributed by atoms with Gasteiger partial charge in [0.05, 0.1) is 6.04 Å². The van der Waals surface area contributed by atoms with Gasteiger partial charge in [-0.25, -0.2) is 0 Å². The van der Waals surface area contributed by atoms with Gasteiger partial charge < -0.3 is 10.6 Å². The number of thioether (sulfide) groups is 1. The van der Waals surface area contributed by atoms with Crippen LogP contribution >= 0.6 is 11.8 Å². The van der Waals surface area contributed by atoms with Gasteiger partial charge in [0.1, 0.15) is 0 Å². The second-order valence-electron chi connectivity index (χ2n) is 4.83. The van der Waals surface area contributed by atoms with Crippen LogP contribution in [0.15, 0.2) is 29.2 Å². The summed E-state index contributed by atoms with van der Waals surface area (Å²) in [4.78, 5) is 15.2. The van der Waals surface area contributed by atoms with Crippen LogP contribution in [0.1, 0.15) is 25.3 Å². The lowest BCUT2D eigenvalue weighted by molar-refractivity contribution is -0.133. The topological polar surface area (TPSA) is 46.3 Å². The van der Waals surface area contributed by atoms with Crippen molar-refractivity contribution in [2.45, 2.75) is 43.3 Å². The van der Waals surface area contributed by atoms with E-state index in [-0.39, 0.29) is 5.91 Å². The summed E-state index contributed by atoms with van der Waals surface area (Å²) < 4.78 is 0. The number of amides is 1. The molecular weight excluding hydrogens is 244 g/mol. The van der Waals surface area contributed by atoms with E-state index < -0.39 is 6.04 Å². The maximum absolute atomic E-state index is 12.0. The Labute approximate surface area is 113 Å². The summed E-state index contributed by atoms with van der Waals surface area (Å²) in [6, 6.07) is 8.38. The zero-order valence-corrected chi connectivity index (χ0v) is 11.7. The molecule has 2 N–H and O–H groups in total. The molecule has 2 rings (SSSR count). The van der Waals surface area contributed by atoms with Crippen LogP contribution in [0.4, 0.5) is 0 Å². The van der Waals surface area contributed by atoms with Crippen LogP contribution in [0.3, 0.4) is 0 Å². The first-order valence-corrected chi connectivity index (χ1v) is 7.53. The van der Waals surface area contributed by atoms with Crippen molar-refractivity contribution in [3.63, 3.8) is 0 Å². The first kappa shape index (κ1) is 13.4. The van der Waals surface area contributed by atoms with Crippen LogP contribution in [-0.2, 0) is 11.3 Å². The molecule has 0 saturated heterocycles. The summed E-state index contributed by atoms with van der Waals surface area (Å²) in [5.74, 6) is 0.0615. The summed E-state index contributed by atoms with van der Waals surface area (Å²) in [6.07, 6.45) is 4.29. The first-order chi connectivity index (χ1) is 8.61. The second-order valence-corrected chi connectivity index (χ2v) is 5.71. The highest BCUT2D eigenvalue weighted by molar-refractivity contribution is 7.98. The molecule has 1 fully saturated rings. The average molecular weight is 264 g/mol. The van der Waals surface area contributed by atoms with Gasteiger partial charge in [-0.05, 0) is 43.7 Å². The molecule has 1 amide bonds. The number of nitrogens with two attached hydrogens (primary N) is 1. The minimum atomic E-state index is -0.406. The molecule has 3 nitrogen and oxygen atoms in total. The highest BCUT2D eigenvalue weighted by Gasteiger charge is 2.33. The van der Waals surface area contributed by atoms with Crippen molar-refractivity contribution in [1.82, 2.24) is 4.90 Å². The fraction of sp³-hybridized carbons (Fsp3) is 0.500. The van der Waals surface area contributed by atoms with Crippen LogP contribution in [0.5, 0.6) is 0 Å². The van der Waals surface area contributed by atoms with Gasteiger partial charge in [-0.15, -0.1) is 11.8 Å². The van der Waals surface area contributed by atoms with Gasteiger partial charge in [-0.3, -0.25) is 4.79 Å². The Bertz CT molecular complexity index is 412. The van der Waals surface area contributed by atoms with Crippen molar-refractivity contribution in [3.05, 3.63) is 29.8 Å². The van der Waals surface area contributed by atoms with Crippen molar-refractivity contribution in [1.29, 1.82) is 0 Å². The van der Waals surface area contributed by atoms with Crippen molar-refractivity contribution < 1.29 is 4.79 Å². The lowest BCUT2D eigenvalue weighted by Crippen LogP contribution is -2.42. The van der Waals surface area contributed by atoms with Crippen LogP contribution in [0, 0.1) is 0 Å². The summed E-state index contributed by atoms with van der Waals surface area (Å²) in [5.41, 5.74) is 6.88. The molecule has 98 valence electrons. The van der Waals surface area contributed by atoms with Gasteiger partial charge >= 0.3 is 0 Å². The van der Waals surface area contributed by atoms with Gasteiger partial charge in [0.2, 0.25) is 5.91 Å². The molecule has 0 radical (unpaired) electrons. The van der Waals surface area contributed by atoms with Crippen LogP contribution in [-0.4, -0.2) is 29.1 Å². The zero-order chi connectivity index (χ0) is 13.1. The average Bonchev–Trinajstić information content (AvgIpc) is 3.20. The lowest BCUT2D eigenvalue weighted by atomic mass is 10.2. The molecule has 1 aliphatic rings. The van der Waals surface area contributed by atoms with Crippen molar-refractivity contribution in [3.8, 4) is 0 Å². The summed E-state index contributed by atoms with van der Waals surface area (Å²) in [5, 5.41) is 0. The standard InChI is InChI=1S/C14H20N2OS/c1-10(15)14(17)16(12-5-6-12)9-11-3-7-13(18-2)8-4-11/h3-4,7-8,10,12H,5-6,9,15H2,1-2H3/t10-/m0/s1. The van der Waals surface area contributed by atoms with E-state index in [1.807, 2.05) is 4.90 Å². The third-order valence-corrected chi connectivity index (χ3v) is 3.92. The number of benzene rings is 1. The molecule has 18 heavy (non-hydrogen) atoms. The first-order valence-electron chi connectivity index (χ1n) is 6.31. The maximum Gasteiger partial charge on any atom is 0.239 e. The predicted molar refractivity (Wildman–Crippen MR) is 75.4 cm³/mol. The molecule has 0 spiro atoms. The summed E-state index contributed by atoms with van der Waals surface area (Å²) >= 11 is 1.73. The maximum atomic E-state index is 12.0. The van der Waals surface area contributed by atoms with E-state index in [4.69, 9.17) is 5.73 Å². The van der Waals surface area contributed by atoms with Crippen LogP contribution < -0.4 is 5.73 Å². The highest BCUT2D eigenvalue weighted by atomic mass is 32.2. The molecule has 1 aromatic rings. The number of rotatable bonds is 5. The summed E-state index contributed by atoms with van der Waals surface area (Å²) in [7, 11) is 0. The smallest absolute Gasteiger partial charge is 0.239 e. The quantitative estimate of drug-likeness (QED) is 0.830. The van der Waals surface area contributed by atoms with E-state index in [0.717, 1.165) is 12.8 Å². The van der Waals surface area contributed by atoms with E-state index in [9.17, 15) is 4.79 Å². The molecule has 4 heteroatoms. The van der Waals surface area contributed by atoms with E-state index in [1.54, 1.807) is 18.7 Å². The molecule has 1 atom stereocenters. The number of hydrogen-bond donors (Lipinski definition) is 1.